The Balaban J connectivity index is 1.06. The summed E-state index contributed by atoms with van der Waals surface area (Å²) >= 11 is 0. The summed E-state index contributed by atoms with van der Waals surface area (Å²) in [5.74, 6) is -1.86. The van der Waals surface area contributed by atoms with E-state index in [1.165, 1.54) is 4.90 Å². The number of amides is 4. The third-order valence-electron chi connectivity index (χ3n) is 14.1. The van der Waals surface area contributed by atoms with Crippen LogP contribution in [-0.2, 0) is 34.6 Å². The number of aryl methyl sites for hydroxylation is 1. The third kappa shape index (κ3) is 9.07. The van der Waals surface area contributed by atoms with Gasteiger partial charge in [-0.15, -0.1) is 0 Å². The Morgan fingerprint density at radius 1 is 0.954 bits per heavy atom. The van der Waals surface area contributed by atoms with Gasteiger partial charge in [-0.1, -0.05) is 81.7 Å². The van der Waals surface area contributed by atoms with Crippen molar-refractivity contribution in [3.05, 3.63) is 65.7 Å². The average Bonchev–Trinajstić information content (AvgIpc) is 3.93. The van der Waals surface area contributed by atoms with Crippen LogP contribution >= 0.6 is 0 Å². The number of nitrogens with zero attached hydrogens (tertiary/aromatic N) is 3. The molecule has 65 heavy (non-hydrogen) atoms. The minimum absolute atomic E-state index is 0.00810. The van der Waals surface area contributed by atoms with Gasteiger partial charge in [0.1, 0.15) is 40.9 Å². The number of allylic oxidation sites excluding steroid dienone is 1. The lowest BCUT2D eigenvalue weighted by Crippen LogP contribution is -2.58. The highest BCUT2D eigenvalue weighted by atomic mass is 32.2. The SMILES string of the molecule is Cc1ccc2oc3c(OC4CC5C(=O)NC6(C(=O)NS(=O)(=O)C7(C)CC7)CC6/C=C\CCCCCC(NC(=O)OC6CCCC6)C(=O)N5C4)nc(-c4ccc(C(C)(C)C)cc4)nc3c2c1. The van der Waals surface area contributed by atoms with Crippen LogP contribution < -0.4 is 20.1 Å². The van der Waals surface area contributed by atoms with Gasteiger partial charge in [0.25, 0.3) is 11.8 Å². The van der Waals surface area contributed by atoms with Crippen molar-refractivity contribution < 1.29 is 41.5 Å². The molecule has 0 bridgehead atoms. The lowest BCUT2D eigenvalue weighted by Gasteiger charge is -2.30. The molecule has 3 saturated carbocycles. The zero-order chi connectivity index (χ0) is 45.9. The fraction of sp³-hybridized carbons (Fsp3) is 0.551. The number of sulfonamides is 1. The number of carbonyl (C=O) groups excluding carboxylic acids is 4. The molecule has 4 amide bonds. The van der Waals surface area contributed by atoms with Gasteiger partial charge in [0.15, 0.2) is 5.82 Å². The number of aromatic nitrogens is 2. The van der Waals surface area contributed by atoms with Gasteiger partial charge in [0.05, 0.1) is 11.3 Å². The molecule has 4 aromatic rings. The summed E-state index contributed by atoms with van der Waals surface area (Å²) in [4.78, 5) is 68.4. The molecular weight excluding hydrogens is 849 g/mol. The minimum Gasteiger partial charge on any atom is -0.470 e. The first-order valence-corrected chi connectivity index (χ1v) is 24.7. The molecule has 2 aromatic heterocycles. The lowest BCUT2D eigenvalue weighted by molar-refractivity contribution is -0.141. The first-order chi connectivity index (χ1) is 30.9. The summed E-state index contributed by atoms with van der Waals surface area (Å²) < 4.78 is 46.8. The molecule has 4 fully saturated rings. The van der Waals surface area contributed by atoms with Crippen molar-refractivity contribution in [2.24, 2.45) is 5.92 Å². The van der Waals surface area contributed by atoms with Crippen molar-refractivity contribution in [3.8, 4) is 17.3 Å². The molecule has 2 aliphatic heterocycles. The van der Waals surface area contributed by atoms with Gasteiger partial charge in [0, 0.05) is 23.3 Å². The fourth-order valence-corrected chi connectivity index (χ4v) is 10.8. The molecule has 5 unspecified atom stereocenters. The summed E-state index contributed by atoms with van der Waals surface area (Å²) in [5, 5.41) is 6.56. The third-order valence-corrected chi connectivity index (χ3v) is 16.2. The monoisotopic (exact) mass is 908 g/mol. The molecule has 5 atom stereocenters. The summed E-state index contributed by atoms with van der Waals surface area (Å²) in [6, 6.07) is 11.7. The van der Waals surface area contributed by atoms with Crippen LogP contribution in [0.3, 0.4) is 0 Å². The number of benzene rings is 2. The van der Waals surface area contributed by atoms with Gasteiger partial charge in [-0.25, -0.2) is 18.2 Å². The smallest absolute Gasteiger partial charge is 0.408 e. The van der Waals surface area contributed by atoms with Gasteiger partial charge in [-0.2, -0.15) is 4.98 Å². The highest BCUT2D eigenvalue weighted by Crippen LogP contribution is 2.48. The maximum atomic E-state index is 14.9. The molecule has 346 valence electrons. The van der Waals surface area contributed by atoms with Gasteiger partial charge in [-0.3, -0.25) is 19.1 Å². The lowest BCUT2D eigenvalue weighted by atomic mass is 9.87. The number of furan rings is 1. The van der Waals surface area contributed by atoms with E-state index in [1.807, 2.05) is 49.4 Å². The van der Waals surface area contributed by atoms with Crippen LogP contribution in [0.5, 0.6) is 5.88 Å². The normalized spacial score (nSPS) is 26.6. The van der Waals surface area contributed by atoms with Gasteiger partial charge in [-0.05, 0) is 101 Å². The Hall–Kier alpha value is -5.51. The Morgan fingerprint density at radius 3 is 2.42 bits per heavy atom. The molecule has 15 nitrogen and oxygen atoms in total. The van der Waals surface area contributed by atoms with E-state index in [4.69, 9.17) is 23.9 Å². The molecule has 16 heteroatoms. The summed E-state index contributed by atoms with van der Waals surface area (Å²) in [5.41, 5.74) is 2.74. The number of fused-ring (bicyclic) bond motifs is 5. The highest BCUT2D eigenvalue weighted by molar-refractivity contribution is 7.91. The van der Waals surface area contributed by atoms with E-state index in [1.54, 1.807) is 6.92 Å². The molecule has 9 rings (SSSR count). The molecule has 0 radical (unpaired) electrons. The second-order valence-corrected chi connectivity index (χ2v) is 22.4. The number of rotatable bonds is 8. The van der Waals surface area contributed by atoms with Gasteiger partial charge < -0.3 is 29.4 Å². The van der Waals surface area contributed by atoms with E-state index in [0.29, 0.717) is 54.6 Å². The van der Waals surface area contributed by atoms with E-state index >= 15 is 0 Å². The van der Waals surface area contributed by atoms with Gasteiger partial charge >= 0.3 is 6.09 Å². The summed E-state index contributed by atoms with van der Waals surface area (Å²) in [6.07, 6.45) is 9.77. The number of hydrogen-bond donors (Lipinski definition) is 3. The number of hydrogen-bond acceptors (Lipinski definition) is 11. The Kier molecular flexibility index (Phi) is 11.7. The molecule has 0 spiro atoms. The van der Waals surface area contributed by atoms with Crippen molar-refractivity contribution in [1.29, 1.82) is 0 Å². The van der Waals surface area contributed by atoms with E-state index < -0.39 is 68.2 Å². The second-order valence-electron chi connectivity index (χ2n) is 20.2. The number of ether oxygens (including phenoxy) is 2. The van der Waals surface area contributed by atoms with Crippen molar-refractivity contribution in [1.82, 2.24) is 30.2 Å². The van der Waals surface area contributed by atoms with Crippen LogP contribution in [0.1, 0.15) is 122 Å². The van der Waals surface area contributed by atoms with Crippen molar-refractivity contribution in [3.63, 3.8) is 0 Å². The van der Waals surface area contributed by atoms with E-state index in [-0.39, 0.29) is 36.8 Å². The molecule has 3 N–H and O–H groups in total. The van der Waals surface area contributed by atoms with E-state index in [0.717, 1.165) is 60.6 Å². The standard InChI is InChI=1S/C49H60N6O9S/c1-29-17-22-38-35(25-29)39-40(64-38)43(52-41(51-39)30-18-20-31(21-19-30)47(2,3)4)62-34-26-37-42(56)53-49(45(58)54-65(60,61)48(5)23-24-48)27-32(49)13-9-7-6-8-10-16-36(44(57)55(37)28-34)50-46(59)63-33-14-11-12-15-33/h9,13,17-22,25,32-34,36-37H,6-8,10-12,14-16,23-24,26-28H2,1-5H3,(H,50,59)(H,53,56)(H,54,58)/b13-9-. The second kappa shape index (κ2) is 17.0. The average molecular weight is 909 g/mol. The summed E-state index contributed by atoms with van der Waals surface area (Å²) in [6.45, 7) is 9.95. The highest BCUT2D eigenvalue weighted by Gasteiger charge is 2.63. The predicted octanol–water partition coefficient (Wildman–Crippen LogP) is 7.43. The van der Waals surface area contributed by atoms with E-state index in [9.17, 15) is 27.6 Å². The first-order valence-electron chi connectivity index (χ1n) is 23.2. The van der Waals surface area contributed by atoms with Crippen LogP contribution in [0.4, 0.5) is 4.79 Å². The number of carbonyl (C=O) groups is 4. The maximum absolute atomic E-state index is 14.9. The Labute approximate surface area is 379 Å². The molecule has 4 heterocycles. The largest absolute Gasteiger partial charge is 0.470 e. The maximum Gasteiger partial charge on any atom is 0.408 e. The zero-order valence-corrected chi connectivity index (χ0v) is 38.7. The van der Waals surface area contributed by atoms with Crippen LogP contribution in [-0.4, -0.2) is 88.2 Å². The van der Waals surface area contributed by atoms with Crippen molar-refractivity contribution >= 4 is 55.9 Å². The topological polar surface area (TPSA) is 199 Å². The van der Waals surface area contributed by atoms with E-state index in [2.05, 4.69) is 48.3 Å². The Bertz CT molecular complexity index is 2660. The molecule has 3 aliphatic carbocycles. The van der Waals surface area contributed by atoms with Crippen LogP contribution in [0.25, 0.3) is 33.5 Å². The molecule has 2 aromatic carbocycles. The van der Waals surface area contributed by atoms with Crippen molar-refractivity contribution in [2.75, 3.05) is 6.54 Å². The Morgan fingerprint density at radius 2 is 1.69 bits per heavy atom. The van der Waals surface area contributed by atoms with Crippen LogP contribution in [0, 0.1) is 12.8 Å². The summed E-state index contributed by atoms with van der Waals surface area (Å²) in [7, 11) is -4.02. The van der Waals surface area contributed by atoms with Crippen molar-refractivity contribution in [2.45, 2.75) is 158 Å². The number of nitrogens with one attached hydrogen (secondary N) is 3. The quantitative estimate of drug-likeness (QED) is 0.149. The minimum atomic E-state index is -4.02. The first kappa shape index (κ1) is 44.7. The number of alkyl carbamates (subject to hydrolysis) is 1. The zero-order valence-electron chi connectivity index (χ0n) is 37.9. The van der Waals surface area contributed by atoms with Crippen LogP contribution in [0.15, 0.2) is 59.0 Å². The fourth-order valence-electron chi connectivity index (χ4n) is 9.50. The molecule has 5 aliphatic rings. The van der Waals surface area contributed by atoms with Crippen LogP contribution in [0.2, 0.25) is 0 Å². The predicted molar refractivity (Wildman–Crippen MR) is 244 cm³/mol. The van der Waals surface area contributed by atoms with Gasteiger partial charge in [0.2, 0.25) is 27.4 Å². The molecular formula is C49H60N6O9S. The molecule has 1 saturated heterocycles.